The van der Waals surface area contributed by atoms with Crippen molar-refractivity contribution in [2.75, 3.05) is 13.1 Å². The van der Waals surface area contributed by atoms with E-state index in [0.717, 1.165) is 5.56 Å². The van der Waals surface area contributed by atoms with E-state index in [-0.39, 0.29) is 12.0 Å². The van der Waals surface area contributed by atoms with Gasteiger partial charge in [-0.05, 0) is 25.0 Å². The highest BCUT2D eigenvalue weighted by atomic mass is 32.1. The topological polar surface area (TPSA) is 66.6 Å². The number of piperidine rings is 1. The Kier molecular flexibility index (Phi) is 4.38. The number of aromatic nitrogens is 1. The molecule has 2 aromatic heterocycles. The van der Waals surface area contributed by atoms with Crippen LogP contribution in [0.5, 0.6) is 0 Å². The lowest BCUT2D eigenvalue weighted by molar-refractivity contribution is 0.0551. The van der Waals surface area contributed by atoms with Crippen LogP contribution in [0, 0.1) is 0 Å². The summed E-state index contributed by atoms with van der Waals surface area (Å²) in [5.41, 5.74) is 1.60. The van der Waals surface area contributed by atoms with E-state index in [1.54, 1.807) is 11.2 Å². The number of aliphatic hydroxyl groups excluding tert-OH is 1. The molecule has 0 radical (unpaired) electrons. The van der Waals surface area contributed by atoms with Crippen LogP contribution in [0.2, 0.25) is 0 Å². The summed E-state index contributed by atoms with van der Waals surface area (Å²) in [4.78, 5) is 20.2. The Morgan fingerprint density at radius 3 is 2.60 bits per heavy atom. The van der Waals surface area contributed by atoms with Crippen LogP contribution in [-0.2, 0) is 0 Å². The molecule has 4 rings (SSSR count). The lowest BCUT2D eigenvalue weighted by atomic mass is 10.1. The molecule has 6 heteroatoms. The van der Waals surface area contributed by atoms with Crippen LogP contribution in [0.15, 0.2) is 53.1 Å². The molecule has 3 heterocycles. The summed E-state index contributed by atoms with van der Waals surface area (Å²) in [7, 11) is 0. The second-order valence-corrected chi connectivity index (χ2v) is 7.06. The minimum atomic E-state index is -0.308. The third kappa shape index (κ3) is 3.23. The first-order valence-electron chi connectivity index (χ1n) is 8.30. The van der Waals surface area contributed by atoms with Gasteiger partial charge < -0.3 is 14.4 Å². The number of likely N-dealkylation sites (tertiary alicyclic amines) is 1. The van der Waals surface area contributed by atoms with Crippen molar-refractivity contribution >= 4 is 17.2 Å². The third-order valence-electron chi connectivity index (χ3n) is 4.35. The Morgan fingerprint density at radius 2 is 1.92 bits per heavy atom. The molecule has 1 aliphatic heterocycles. The molecular formula is C19H18N2O3S. The summed E-state index contributed by atoms with van der Waals surface area (Å²) >= 11 is 1.36. The average Bonchev–Trinajstić information content (AvgIpc) is 3.32. The van der Waals surface area contributed by atoms with Crippen molar-refractivity contribution in [3.8, 4) is 22.0 Å². The minimum absolute atomic E-state index is 0.0268. The van der Waals surface area contributed by atoms with Gasteiger partial charge in [0.15, 0.2) is 10.8 Å². The van der Waals surface area contributed by atoms with Gasteiger partial charge >= 0.3 is 0 Å². The number of nitrogens with zero attached hydrogens (tertiary/aromatic N) is 2. The van der Waals surface area contributed by atoms with Gasteiger partial charge in [0.1, 0.15) is 4.88 Å². The summed E-state index contributed by atoms with van der Waals surface area (Å²) in [5.74, 6) is 0.636. The van der Waals surface area contributed by atoms with Crippen LogP contribution in [0.25, 0.3) is 22.0 Å². The molecule has 0 saturated carbocycles. The van der Waals surface area contributed by atoms with Crippen molar-refractivity contribution in [3.63, 3.8) is 0 Å². The number of hydrogen-bond acceptors (Lipinski definition) is 5. The Balaban J connectivity index is 1.73. The second kappa shape index (κ2) is 6.82. The Hall–Kier alpha value is -2.44. The van der Waals surface area contributed by atoms with Gasteiger partial charge in [0.2, 0.25) is 0 Å². The number of furan rings is 1. The average molecular weight is 354 g/mol. The summed E-state index contributed by atoms with van der Waals surface area (Å²) < 4.78 is 5.45. The van der Waals surface area contributed by atoms with Gasteiger partial charge in [-0.3, -0.25) is 4.79 Å². The number of hydrogen-bond donors (Lipinski definition) is 1. The molecule has 0 spiro atoms. The lowest BCUT2D eigenvalue weighted by Gasteiger charge is -2.29. The standard InChI is InChI=1S/C19H18N2O3S/c22-14-8-10-21(11-9-14)19(23)17-16(13-5-2-1-3-6-13)20-18(25-17)15-7-4-12-24-15/h1-7,12,14,22H,8-11H2. The zero-order valence-corrected chi connectivity index (χ0v) is 14.4. The number of aliphatic hydroxyl groups is 1. The zero-order valence-electron chi connectivity index (χ0n) is 13.6. The molecule has 1 aromatic carbocycles. The fraction of sp³-hybridized carbons (Fsp3) is 0.263. The molecule has 25 heavy (non-hydrogen) atoms. The normalized spacial score (nSPS) is 15.5. The van der Waals surface area contributed by atoms with Crippen LogP contribution in [0.4, 0.5) is 0 Å². The van der Waals surface area contributed by atoms with Gasteiger partial charge in [0.05, 0.1) is 18.1 Å². The number of amides is 1. The minimum Gasteiger partial charge on any atom is -0.462 e. The monoisotopic (exact) mass is 354 g/mol. The maximum Gasteiger partial charge on any atom is 0.266 e. The van der Waals surface area contributed by atoms with E-state index >= 15 is 0 Å². The van der Waals surface area contributed by atoms with E-state index in [0.29, 0.717) is 47.3 Å². The fourth-order valence-corrected chi connectivity index (χ4v) is 4.00. The highest BCUT2D eigenvalue weighted by Crippen LogP contribution is 2.35. The van der Waals surface area contributed by atoms with Crippen molar-refractivity contribution in [1.82, 2.24) is 9.88 Å². The number of carbonyl (C=O) groups excluding carboxylic acids is 1. The van der Waals surface area contributed by atoms with Gasteiger partial charge in [-0.15, -0.1) is 11.3 Å². The zero-order chi connectivity index (χ0) is 17.2. The molecule has 5 nitrogen and oxygen atoms in total. The molecule has 3 aromatic rings. The number of thiazole rings is 1. The fourth-order valence-electron chi connectivity index (χ4n) is 2.97. The van der Waals surface area contributed by atoms with Crippen molar-refractivity contribution in [1.29, 1.82) is 0 Å². The maximum atomic E-state index is 13.1. The molecule has 128 valence electrons. The summed E-state index contributed by atoms with van der Waals surface area (Å²) in [6.07, 6.45) is 2.54. The van der Waals surface area contributed by atoms with E-state index < -0.39 is 0 Å². The summed E-state index contributed by atoms with van der Waals surface area (Å²) in [5, 5.41) is 10.4. The van der Waals surface area contributed by atoms with E-state index in [2.05, 4.69) is 4.98 Å². The quantitative estimate of drug-likeness (QED) is 0.779. The predicted molar refractivity (Wildman–Crippen MR) is 96.4 cm³/mol. The molecule has 1 fully saturated rings. The first kappa shape index (κ1) is 16.1. The van der Waals surface area contributed by atoms with Crippen LogP contribution < -0.4 is 0 Å². The smallest absolute Gasteiger partial charge is 0.266 e. The first-order chi connectivity index (χ1) is 12.2. The molecule has 0 unspecified atom stereocenters. The number of rotatable bonds is 3. The van der Waals surface area contributed by atoms with Crippen LogP contribution in [0.1, 0.15) is 22.5 Å². The highest BCUT2D eigenvalue weighted by molar-refractivity contribution is 7.17. The third-order valence-corrected chi connectivity index (χ3v) is 5.41. The van der Waals surface area contributed by atoms with E-state index in [1.807, 2.05) is 42.5 Å². The largest absolute Gasteiger partial charge is 0.462 e. The maximum absolute atomic E-state index is 13.1. The Morgan fingerprint density at radius 1 is 1.16 bits per heavy atom. The second-order valence-electron chi connectivity index (χ2n) is 6.06. The molecule has 0 atom stereocenters. The van der Waals surface area contributed by atoms with E-state index in [1.165, 1.54) is 11.3 Å². The predicted octanol–water partition coefficient (Wildman–Crippen LogP) is 3.67. The number of carbonyl (C=O) groups is 1. The highest BCUT2D eigenvalue weighted by Gasteiger charge is 2.28. The number of benzene rings is 1. The van der Waals surface area contributed by atoms with E-state index in [4.69, 9.17) is 4.42 Å². The van der Waals surface area contributed by atoms with Gasteiger partial charge in [-0.2, -0.15) is 0 Å². The van der Waals surface area contributed by atoms with Crippen LogP contribution in [0.3, 0.4) is 0 Å². The van der Waals surface area contributed by atoms with Gasteiger partial charge in [0.25, 0.3) is 5.91 Å². The van der Waals surface area contributed by atoms with Crippen molar-refractivity contribution < 1.29 is 14.3 Å². The summed E-state index contributed by atoms with van der Waals surface area (Å²) in [6, 6.07) is 13.4. The van der Waals surface area contributed by atoms with Crippen LogP contribution in [-0.4, -0.2) is 40.1 Å². The van der Waals surface area contributed by atoms with Crippen molar-refractivity contribution in [2.45, 2.75) is 18.9 Å². The lowest BCUT2D eigenvalue weighted by Crippen LogP contribution is -2.39. The molecule has 0 bridgehead atoms. The molecule has 1 saturated heterocycles. The molecule has 0 aliphatic carbocycles. The van der Waals surface area contributed by atoms with Crippen molar-refractivity contribution in [3.05, 3.63) is 53.6 Å². The Bertz CT molecular complexity index is 850. The molecule has 1 N–H and O–H groups in total. The van der Waals surface area contributed by atoms with Gasteiger partial charge in [-0.25, -0.2) is 4.98 Å². The first-order valence-corrected chi connectivity index (χ1v) is 9.11. The SMILES string of the molecule is O=C(c1sc(-c2ccco2)nc1-c1ccccc1)N1CCC(O)CC1. The molecule has 1 aliphatic rings. The molecule has 1 amide bonds. The van der Waals surface area contributed by atoms with Gasteiger partial charge in [-0.1, -0.05) is 30.3 Å². The van der Waals surface area contributed by atoms with Crippen LogP contribution >= 0.6 is 11.3 Å². The van der Waals surface area contributed by atoms with Crippen molar-refractivity contribution in [2.24, 2.45) is 0 Å². The molecular weight excluding hydrogens is 336 g/mol. The Labute approximate surface area is 149 Å². The van der Waals surface area contributed by atoms with Gasteiger partial charge in [0, 0.05) is 18.7 Å². The summed E-state index contributed by atoms with van der Waals surface area (Å²) in [6.45, 7) is 1.14. The van der Waals surface area contributed by atoms with E-state index in [9.17, 15) is 9.90 Å².